The molecule has 0 bridgehead atoms. The first-order chi connectivity index (χ1) is 7.27. The third-order valence-electron chi connectivity index (χ3n) is 1.84. The van der Waals surface area contributed by atoms with Gasteiger partial charge in [0.2, 0.25) is 0 Å². The highest BCUT2D eigenvalue weighted by molar-refractivity contribution is 5.39. The summed E-state index contributed by atoms with van der Waals surface area (Å²) in [6, 6.07) is 6.34. The van der Waals surface area contributed by atoms with Crippen LogP contribution in [0.25, 0.3) is 0 Å². The Hall–Kier alpha value is -0.980. The van der Waals surface area contributed by atoms with Gasteiger partial charge < -0.3 is 4.74 Å². The first-order valence-corrected chi connectivity index (χ1v) is 6.00. The largest absolute Gasteiger partial charge is 0.493 e. The van der Waals surface area contributed by atoms with Crippen molar-refractivity contribution < 1.29 is 4.74 Å². The van der Waals surface area contributed by atoms with Crippen LogP contribution in [-0.4, -0.2) is 6.61 Å². The van der Waals surface area contributed by atoms with Gasteiger partial charge in [-0.3, -0.25) is 0 Å². The second-order valence-corrected chi connectivity index (χ2v) is 3.42. The molecule has 0 unspecified atom stereocenters. The molecule has 0 aromatic heterocycles. The molecule has 1 nitrogen and oxygen atoms in total. The summed E-state index contributed by atoms with van der Waals surface area (Å²) in [5, 5.41) is 0. The highest BCUT2D eigenvalue weighted by atomic mass is 16.5. The minimum atomic E-state index is 0.860. The standard InChI is InChI=1S/C9H10O.C3H8.C2H6/c1-7-2-3-9-8(6-7)4-5-10-9;1-3-2;1-2/h2-3,6H,4-5H2,1H3;3H2,1-2H3;1-2H3. The number of aryl methyl sites for hydroxylation is 1. The van der Waals surface area contributed by atoms with Crippen molar-refractivity contribution in [2.24, 2.45) is 0 Å². The van der Waals surface area contributed by atoms with Gasteiger partial charge in [0.1, 0.15) is 5.75 Å². The Morgan fingerprint density at radius 1 is 1.20 bits per heavy atom. The van der Waals surface area contributed by atoms with Gasteiger partial charge in [-0.1, -0.05) is 51.8 Å². The maximum atomic E-state index is 5.35. The van der Waals surface area contributed by atoms with Crippen molar-refractivity contribution in [1.82, 2.24) is 0 Å². The topological polar surface area (TPSA) is 9.23 Å². The SMILES string of the molecule is CC.CCC.Cc1ccc2c(c1)CCO2. The van der Waals surface area contributed by atoms with E-state index in [2.05, 4.69) is 39.0 Å². The van der Waals surface area contributed by atoms with E-state index in [1.807, 2.05) is 13.8 Å². The van der Waals surface area contributed by atoms with Gasteiger partial charge in [-0.15, -0.1) is 0 Å². The van der Waals surface area contributed by atoms with E-state index >= 15 is 0 Å². The van der Waals surface area contributed by atoms with Gasteiger partial charge in [0, 0.05) is 6.42 Å². The fourth-order valence-corrected chi connectivity index (χ4v) is 1.32. The van der Waals surface area contributed by atoms with Gasteiger partial charge >= 0.3 is 0 Å². The molecule has 0 spiro atoms. The molecular formula is C14H24O. The van der Waals surface area contributed by atoms with Gasteiger partial charge in [0.15, 0.2) is 0 Å². The smallest absolute Gasteiger partial charge is 0.122 e. The van der Waals surface area contributed by atoms with E-state index in [0.29, 0.717) is 0 Å². The van der Waals surface area contributed by atoms with Crippen LogP contribution in [0.4, 0.5) is 0 Å². The Morgan fingerprint density at radius 3 is 2.40 bits per heavy atom. The first kappa shape index (κ1) is 14.0. The lowest BCUT2D eigenvalue weighted by Gasteiger charge is -1.97. The Balaban J connectivity index is 0.000000342. The van der Waals surface area contributed by atoms with Crippen molar-refractivity contribution >= 4 is 0 Å². The van der Waals surface area contributed by atoms with Gasteiger partial charge in [0.25, 0.3) is 0 Å². The van der Waals surface area contributed by atoms with Crippen LogP contribution in [0.3, 0.4) is 0 Å². The zero-order valence-electron chi connectivity index (χ0n) is 10.8. The van der Waals surface area contributed by atoms with E-state index in [4.69, 9.17) is 4.74 Å². The molecular weight excluding hydrogens is 184 g/mol. The summed E-state index contributed by atoms with van der Waals surface area (Å²) in [7, 11) is 0. The predicted octanol–water partition coefficient (Wildman–Crippen LogP) is 4.37. The highest BCUT2D eigenvalue weighted by Crippen LogP contribution is 2.25. The third-order valence-corrected chi connectivity index (χ3v) is 1.84. The molecule has 1 aliphatic heterocycles. The summed E-state index contributed by atoms with van der Waals surface area (Å²) in [6.07, 6.45) is 2.33. The fourth-order valence-electron chi connectivity index (χ4n) is 1.32. The Kier molecular flexibility index (Phi) is 7.79. The molecule has 0 radical (unpaired) electrons. The molecule has 0 saturated heterocycles. The second kappa shape index (κ2) is 8.34. The molecule has 1 aliphatic rings. The molecule has 2 rings (SSSR count). The van der Waals surface area contributed by atoms with Crippen molar-refractivity contribution in [2.45, 2.75) is 47.5 Å². The van der Waals surface area contributed by atoms with Crippen molar-refractivity contribution in [1.29, 1.82) is 0 Å². The van der Waals surface area contributed by atoms with E-state index in [9.17, 15) is 0 Å². The molecule has 0 atom stereocenters. The zero-order valence-corrected chi connectivity index (χ0v) is 10.8. The van der Waals surface area contributed by atoms with Gasteiger partial charge in [-0.2, -0.15) is 0 Å². The number of fused-ring (bicyclic) bond motifs is 1. The monoisotopic (exact) mass is 208 g/mol. The first-order valence-electron chi connectivity index (χ1n) is 6.00. The lowest BCUT2D eigenvalue weighted by Crippen LogP contribution is -1.85. The van der Waals surface area contributed by atoms with Crippen LogP contribution in [0.15, 0.2) is 18.2 Å². The van der Waals surface area contributed by atoms with Crippen molar-refractivity contribution in [3.8, 4) is 5.75 Å². The maximum Gasteiger partial charge on any atom is 0.122 e. The fraction of sp³-hybridized carbons (Fsp3) is 0.571. The minimum absolute atomic E-state index is 0.860. The highest BCUT2D eigenvalue weighted by Gasteiger charge is 2.09. The van der Waals surface area contributed by atoms with E-state index in [0.717, 1.165) is 18.8 Å². The average molecular weight is 208 g/mol. The lowest BCUT2D eigenvalue weighted by atomic mass is 10.1. The van der Waals surface area contributed by atoms with Gasteiger partial charge in [-0.25, -0.2) is 0 Å². The summed E-state index contributed by atoms with van der Waals surface area (Å²) in [5.41, 5.74) is 2.68. The average Bonchev–Trinajstić information content (AvgIpc) is 2.69. The van der Waals surface area contributed by atoms with Crippen LogP contribution in [0, 0.1) is 6.92 Å². The molecule has 1 aromatic rings. The van der Waals surface area contributed by atoms with E-state index in [1.54, 1.807) is 0 Å². The lowest BCUT2D eigenvalue weighted by molar-refractivity contribution is 0.357. The normalized spacial score (nSPS) is 11.3. The van der Waals surface area contributed by atoms with Gasteiger partial charge in [0.05, 0.1) is 6.61 Å². The molecule has 0 N–H and O–H groups in total. The molecule has 1 heterocycles. The number of hydrogen-bond acceptors (Lipinski definition) is 1. The van der Waals surface area contributed by atoms with Crippen LogP contribution < -0.4 is 4.74 Å². The van der Waals surface area contributed by atoms with Crippen molar-refractivity contribution in [3.05, 3.63) is 29.3 Å². The molecule has 0 fully saturated rings. The zero-order chi connectivity index (χ0) is 11.7. The molecule has 0 saturated carbocycles. The van der Waals surface area contributed by atoms with E-state index in [1.165, 1.54) is 17.5 Å². The third kappa shape index (κ3) is 4.87. The van der Waals surface area contributed by atoms with E-state index < -0.39 is 0 Å². The van der Waals surface area contributed by atoms with Gasteiger partial charge in [-0.05, 0) is 18.6 Å². The Bertz CT molecular complexity index is 266. The van der Waals surface area contributed by atoms with Crippen molar-refractivity contribution in [3.63, 3.8) is 0 Å². The number of rotatable bonds is 0. The van der Waals surface area contributed by atoms with Crippen LogP contribution in [0.5, 0.6) is 5.75 Å². The predicted molar refractivity (Wildman–Crippen MR) is 67.7 cm³/mol. The Labute approximate surface area is 94.5 Å². The molecule has 1 heteroatoms. The quantitative estimate of drug-likeness (QED) is 0.615. The Morgan fingerprint density at radius 2 is 1.80 bits per heavy atom. The number of ether oxygens (including phenoxy) is 1. The summed E-state index contributed by atoms with van der Waals surface area (Å²) in [6.45, 7) is 11.2. The van der Waals surface area contributed by atoms with E-state index in [-0.39, 0.29) is 0 Å². The summed E-state index contributed by atoms with van der Waals surface area (Å²) in [5.74, 6) is 1.07. The summed E-state index contributed by atoms with van der Waals surface area (Å²) >= 11 is 0. The number of benzene rings is 1. The summed E-state index contributed by atoms with van der Waals surface area (Å²) in [4.78, 5) is 0. The van der Waals surface area contributed by atoms with Crippen LogP contribution >= 0.6 is 0 Å². The summed E-state index contributed by atoms with van der Waals surface area (Å²) < 4.78 is 5.35. The molecule has 0 amide bonds. The number of hydrogen-bond donors (Lipinski definition) is 0. The molecule has 15 heavy (non-hydrogen) atoms. The van der Waals surface area contributed by atoms with Crippen LogP contribution in [0.2, 0.25) is 0 Å². The second-order valence-electron chi connectivity index (χ2n) is 3.42. The molecule has 1 aromatic carbocycles. The molecule has 86 valence electrons. The van der Waals surface area contributed by atoms with Crippen LogP contribution in [-0.2, 0) is 6.42 Å². The minimum Gasteiger partial charge on any atom is -0.493 e. The molecule has 0 aliphatic carbocycles. The van der Waals surface area contributed by atoms with Crippen molar-refractivity contribution in [2.75, 3.05) is 6.61 Å². The maximum absolute atomic E-state index is 5.35. The van der Waals surface area contributed by atoms with Crippen LogP contribution in [0.1, 0.15) is 45.2 Å².